The van der Waals surface area contributed by atoms with Crippen LogP contribution < -0.4 is 61.6 Å². The molecule has 0 aliphatic heterocycles. The predicted molar refractivity (Wildman–Crippen MR) is 46.7 cm³/mol. The summed E-state index contributed by atoms with van der Waals surface area (Å²) < 4.78 is 65.9. The molecule has 0 fully saturated rings. The summed E-state index contributed by atoms with van der Waals surface area (Å²) in [5.74, 6) is -0.242. The van der Waals surface area contributed by atoms with E-state index in [1.54, 1.807) is 0 Å². The van der Waals surface area contributed by atoms with E-state index in [-0.39, 0.29) is 57.1 Å². The minimum atomic E-state index is -5.26. The van der Waals surface area contributed by atoms with Crippen LogP contribution in [0, 0.1) is 0 Å². The monoisotopic (exact) mass is 264 g/mol. The summed E-state index contributed by atoms with van der Waals surface area (Å²) in [6, 6.07) is 2.04. The van der Waals surface area contributed by atoms with E-state index in [2.05, 4.69) is 4.74 Å². The molecule has 1 aromatic rings. The van der Waals surface area contributed by atoms with Gasteiger partial charge < -0.3 is 17.7 Å². The zero-order chi connectivity index (χ0) is 11.6. The van der Waals surface area contributed by atoms with Crippen molar-refractivity contribution in [3.63, 3.8) is 0 Å². The second kappa shape index (κ2) is 6.34. The molecule has 0 saturated heterocycles. The zero-order valence-corrected chi connectivity index (χ0v) is 11.8. The Hall–Kier alpha value is 0.371. The standard InChI is InChI=1S/C8H7BF5O.K/c1-15-7-3-2-5(9(12,13)14)4-6(7)8(10)11;/h2-4,8H,1H3;/q-1;+1. The van der Waals surface area contributed by atoms with Gasteiger partial charge >= 0.3 is 58.4 Å². The topological polar surface area (TPSA) is 9.23 Å². The molecule has 1 nitrogen and oxygen atoms in total. The third-order valence-electron chi connectivity index (χ3n) is 1.87. The van der Waals surface area contributed by atoms with Gasteiger partial charge in [0.05, 0.1) is 12.7 Å². The fourth-order valence-corrected chi connectivity index (χ4v) is 1.13. The Labute approximate surface area is 132 Å². The number of alkyl halides is 2. The predicted octanol–water partition coefficient (Wildman–Crippen LogP) is -0.309. The van der Waals surface area contributed by atoms with Crippen LogP contribution in [0.25, 0.3) is 0 Å². The normalized spacial score (nSPS) is 11.2. The summed E-state index contributed by atoms with van der Waals surface area (Å²) in [6.07, 6.45) is -2.99. The maximum atomic E-state index is 12.3. The Morgan fingerprint density at radius 2 is 1.75 bits per heavy atom. The molecule has 0 atom stereocenters. The Morgan fingerprint density at radius 3 is 2.12 bits per heavy atom. The fourth-order valence-electron chi connectivity index (χ4n) is 1.13. The number of benzene rings is 1. The maximum Gasteiger partial charge on any atom is 1.00 e. The van der Waals surface area contributed by atoms with Crippen molar-refractivity contribution in [2.75, 3.05) is 7.11 Å². The molecule has 0 bridgehead atoms. The quantitative estimate of drug-likeness (QED) is 0.537. The average molecular weight is 264 g/mol. The van der Waals surface area contributed by atoms with Gasteiger partial charge in [-0.15, -0.1) is 5.46 Å². The Kier molecular flexibility index (Phi) is 6.49. The van der Waals surface area contributed by atoms with Gasteiger partial charge in [-0.25, -0.2) is 8.78 Å². The first-order chi connectivity index (χ1) is 6.86. The second-order valence-corrected chi connectivity index (χ2v) is 2.88. The van der Waals surface area contributed by atoms with Crippen LogP contribution in [0.2, 0.25) is 0 Å². The summed E-state index contributed by atoms with van der Waals surface area (Å²) in [4.78, 5) is 0. The van der Waals surface area contributed by atoms with Crippen LogP contribution in [0.15, 0.2) is 18.2 Å². The van der Waals surface area contributed by atoms with E-state index in [9.17, 15) is 21.7 Å². The third-order valence-corrected chi connectivity index (χ3v) is 1.87. The molecule has 0 saturated carbocycles. The first kappa shape index (κ1) is 16.4. The Balaban J connectivity index is 0.00000225. The van der Waals surface area contributed by atoms with E-state index < -0.39 is 24.4 Å². The van der Waals surface area contributed by atoms with Crippen molar-refractivity contribution in [1.29, 1.82) is 0 Å². The minimum Gasteiger partial charge on any atom is -0.496 e. The van der Waals surface area contributed by atoms with Crippen LogP contribution >= 0.6 is 0 Å². The minimum absolute atomic E-state index is 0. The molecular formula is C8H7BF5KO. The molecule has 0 aliphatic rings. The Morgan fingerprint density at radius 1 is 1.19 bits per heavy atom. The number of rotatable bonds is 3. The number of hydrogen-bond acceptors (Lipinski definition) is 1. The van der Waals surface area contributed by atoms with Gasteiger partial charge in [0.1, 0.15) is 5.75 Å². The van der Waals surface area contributed by atoms with E-state index in [0.29, 0.717) is 6.07 Å². The van der Waals surface area contributed by atoms with Crippen LogP contribution in [-0.4, -0.2) is 14.1 Å². The van der Waals surface area contributed by atoms with E-state index in [1.165, 1.54) is 0 Å². The average Bonchev–Trinajstić information content (AvgIpc) is 2.15. The third kappa shape index (κ3) is 3.99. The van der Waals surface area contributed by atoms with Crippen molar-refractivity contribution in [1.82, 2.24) is 0 Å². The molecule has 16 heavy (non-hydrogen) atoms. The molecule has 0 aliphatic carbocycles. The van der Waals surface area contributed by atoms with Crippen molar-refractivity contribution >= 4 is 12.4 Å². The molecule has 0 heterocycles. The van der Waals surface area contributed by atoms with Crippen molar-refractivity contribution in [3.8, 4) is 5.75 Å². The number of ether oxygens (including phenoxy) is 1. The van der Waals surface area contributed by atoms with Gasteiger partial charge in [-0.2, -0.15) is 0 Å². The molecule has 0 spiro atoms. The van der Waals surface area contributed by atoms with Gasteiger partial charge in [0.25, 0.3) is 6.43 Å². The summed E-state index contributed by atoms with van der Waals surface area (Å²) in [5, 5.41) is 0. The van der Waals surface area contributed by atoms with Crippen LogP contribution in [0.5, 0.6) is 5.75 Å². The van der Waals surface area contributed by atoms with Gasteiger partial charge in [-0.1, -0.05) is 12.1 Å². The Bertz CT molecular complexity index is 355. The molecule has 8 heteroatoms. The van der Waals surface area contributed by atoms with E-state index >= 15 is 0 Å². The van der Waals surface area contributed by atoms with Crippen LogP contribution in [0.3, 0.4) is 0 Å². The summed E-state index contributed by atoms with van der Waals surface area (Å²) in [7, 11) is 1.12. The van der Waals surface area contributed by atoms with Gasteiger partial charge in [0.2, 0.25) is 0 Å². The molecule has 0 N–H and O–H groups in total. The number of hydrogen-bond donors (Lipinski definition) is 0. The van der Waals surface area contributed by atoms with Crippen LogP contribution in [0.1, 0.15) is 12.0 Å². The zero-order valence-electron chi connectivity index (χ0n) is 8.68. The molecule has 1 rings (SSSR count). The molecule has 0 unspecified atom stereocenters. The second-order valence-electron chi connectivity index (χ2n) is 2.88. The summed E-state index contributed by atoms with van der Waals surface area (Å²) >= 11 is 0. The molecule has 0 amide bonds. The summed E-state index contributed by atoms with van der Waals surface area (Å²) in [6.45, 7) is -5.26. The van der Waals surface area contributed by atoms with Crippen molar-refractivity contribution in [3.05, 3.63) is 23.8 Å². The smallest absolute Gasteiger partial charge is 0.496 e. The van der Waals surface area contributed by atoms with Gasteiger partial charge in [-0.05, 0) is 6.07 Å². The van der Waals surface area contributed by atoms with Crippen molar-refractivity contribution in [2.45, 2.75) is 6.43 Å². The molecule has 0 aromatic heterocycles. The van der Waals surface area contributed by atoms with Crippen molar-refractivity contribution in [2.24, 2.45) is 0 Å². The fraction of sp³-hybridized carbons (Fsp3) is 0.250. The summed E-state index contributed by atoms with van der Waals surface area (Å²) in [5.41, 5.74) is -1.79. The maximum absolute atomic E-state index is 12.3. The largest absolute Gasteiger partial charge is 1.00 e. The number of halogens is 5. The van der Waals surface area contributed by atoms with Gasteiger partial charge in [0.15, 0.2) is 0 Å². The first-order valence-corrected chi connectivity index (χ1v) is 4.02. The van der Waals surface area contributed by atoms with E-state index in [0.717, 1.165) is 19.2 Å². The molecular weight excluding hydrogens is 257 g/mol. The van der Waals surface area contributed by atoms with Gasteiger partial charge in [-0.3, -0.25) is 0 Å². The van der Waals surface area contributed by atoms with Gasteiger partial charge in [0, 0.05) is 0 Å². The van der Waals surface area contributed by atoms with E-state index in [4.69, 9.17) is 0 Å². The first-order valence-electron chi connectivity index (χ1n) is 4.02. The van der Waals surface area contributed by atoms with Crippen LogP contribution in [0.4, 0.5) is 21.7 Å². The number of methoxy groups -OCH3 is 1. The molecule has 1 aromatic carbocycles. The SMILES string of the molecule is COc1ccc([B-](F)(F)F)cc1C(F)F.[K+]. The molecule has 84 valence electrons. The van der Waals surface area contributed by atoms with Crippen molar-refractivity contribution < 1.29 is 77.8 Å². The van der Waals surface area contributed by atoms with Crippen LogP contribution in [-0.2, 0) is 0 Å². The molecule has 0 radical (unpaired) electrons. The van der Waals surface area contributed by atoms with E-state index in [1.807, 2.05) is 0 Å².